The highest BCUT2D eigenvalue weighted by atomic mass is 31.3. The molecule has 0 aliphatic heterocycles. The van der Waals surface area contributed by atoms with E-state index in [1.807, 2.05) is 0 Å². The van der Waals surface area contributed by atoms with Gasteiger partial charge >= 0.3 is 23.5 Å². The molecule has 1 fully saturated rings. The van der Waals surface area contributed by atoms with Crippen LogP contribution in [0.15, 0.2) is 12.7 Å². The van der Waals surface area contributed by atoms with Crippen molar-refractivity contribution in [3.63, 3.8) is 0 Å². The van der Waals surface area contributed by atoms with Crippen LogP contribution in [0.5, 0.6) is 0 Å². The van der Waals surface area contributed by atoms with Crippen LogP contribution in [0.25, 0.3) is 11.2 Å². The van der Waals surface area contributed by atoms with Gasteiger partial charge in [-0.25, -0.2) is 28.6 Å². The molecule has 0 amide bonds. The molecule has 18 heteroatoms. The highest BCUT2D eigenvalue weighted by molar-refractivity contribution is 7.66. The van der Waals surface area contributed by atoms with Crippen molar-refractivity contribution in [3.05, 3.63) is 12.7 Å². The summed E-state index contributed by atoms with van der Waals surface area (Å²) in [5.74, 6) is 0.201. The van der Waals surface area contributed by atoms with Gasteiger partial charge in [0.05, 0.1) is 12.4 Å². The van der Waals surface area contributed by atoms with E-state index in [1.165, 1.54) is 12.7 Å². The van der Waals surface area contributed by atoms with Gasteiger partial charge in [0.15, 0.2) is 11.5 Å². The first-order valence-corrected chi connectivity index (χ1v) is 12.1. The fraction of sp³-hybridized carbons (Fsp3) is 0.500. The number of nitrogens with zero attached hydrogens (tertiary/aromatic N) is 4. The molecule has 2 aromatic rings. The molecule has 156 valence electrons. The number of nitrogen functional groups attached to an aromatic ring is 1. The maximum atomic E-state index is 11.9. The van der Waals surface area contributed by atoms with Crippen LogP contribution < -0.4 is 5.73 Å². The van der Waals surface area contributed by atoms with Crippen molar-refractivity contribution in [3.8, 4) is 0 Å². The number of nitrogens with two attached hydrogens (primary N) is 1. The Hall–Kier alpha value is -1.24. The number of anilines is 1. The van der Waals surface area contributed by atoms with Gasteiger partial charge < -0.3 is 29.9 Å². The Morgan fingerprint density at radius 1 is 1.04 bits per heavy atom. The monoisotopic (exact) mass is 459 g/mol. The number of phosphoric ester groups is 1. The third kappa shape index (κ3) is 5.22. The number of phosphoric acid groups is 3. The number of rotatable bonds is 7. The lowest BCUT2D eigenvalue weighted by atomic mass is 10.2. The SMILES string of the molecule is Nc1ncnc2c1ncn2[C@@H]1CC[C@@H](OP(=O)(O)OP(=O)(O)OP(=O)(O)O)C1. The Bertz CT molecular complexity index is 1020. The van der Waals surface area contributed by atoms with Crippen LogP contribution in [0.3, 0.4) is 0 Å². The van der Waals surface area contributed by atoms with Crippen molar-refractivity contribution < 1.29 is 46.4 Å². The highest BCUT2D eigenvalue weighted by Gasteiger charge is 2.43. The van der Waals surface area contributed by atoms with E-state index < -0.39 is 29.6 Å². The first-order valence-electron chi connectivity index (χ1n) is 7.60. The standard InChI is InChI=1S/C10H16N5O10P3/c11-9-8-10(13-4-12-9)15(5-14-8)6-1-2-7(3-6)23-27(19,20)25-28(21,22)24-26(16,17)18/h4-7H,1-3H2,(H,19,20)(H,21,22)(H2,11,12,13)(H2,16,17,18)/t6-,7-/m1/s1. The zero-order valence-electron chi connectivity index (χ0n) is 13.9. The van der Waals surface area contributed by atoms with Crippen molar-refractivity contribution >= 4 is 40.4 Å². The maximum Gasteiger partial charge on any atom is 0.490 e. The van der Waals surface area contributed by atoms with Crippen molar-refractivity contribution in [1.29, 1.82) is 0 Å². The number of imidazole rings is 1. The topological polar surface area (TPSA) is 229 Å². The number of hydrogen-bond acceptors (Lipinski definition) is 10. The van der Waals surface area contributed by atoms with Crippen molar-refractivity contribution in [2.45, 2.75) is 31.4 Å². The van der Waals surface area contributed by atoms with Crippen LogP contribution in [0.1, 0.15) is 25.3 Å². The second kappa shape index (κ2) is 7.54. The first-order chi connectivity index (χ1) is 12.9. The average molecular weight is 459 g/mol. The van der Waals surface area contributed by atoms with E-state index in [0.29, 0.717) is 17.6 Å². The van der Waals surface area contributed by atoms with E-state index in [0.717, 1.165) is 0 Å². The predicted molar refractivity (Wildman–Crippen MR) is 91.4 cm³/mol. The quantitative estimate of drug-likeness (QED) is 0.361. The van der Waals surface area contributed by atoms with Crippen LogP contribution in [0.2, 0.25) is 0 Å². The molecule has 2 unspecified atom stereocenters. The lowest BCUT2D eigenvalue weighted by molar-refractivity contribution is 0.127. The van der Waals surface area contributed by atoms with Crippen molar-refractivity contribution in [2.24, 2.45) is 0 Å². The third-order valence-electron chi connectivity index (χ3n) is 3.84. The normalized spacial score (nSPS) is 24.9. The summed E-state index contributed by atoms with van der Waals surface area (Å²) in [4.78, 5) is 47.9. The zero-order valence-corrected chi connectivity index (χ0v) is 16.6. The van der Waals surface area contributed by atoms with E-state index >= 15 is 0 Å². The van der Waals surface area contributed by atoms with Crippen LogP contribution in [0.4, 0.5) is 5.82 Å². The number of aromatic nitrogens is 4. The van der Waals surface area contributed by atoms with Gasteiger partial charge in [-0.15, -0.1) is 0 Å². The van der Waals surface area contributed by atoms with E-state index in [1.54, 1.807) is 4.57 Å². The van der Waals surface area contributed by atoms with Gasteiger partial charge in [-0.05, 0) is 19.3 Å². The molecule has 6 N–H and O–H groups in total. The minimum Gasteiger partial charge on any atom is -0.382 e. The Labute approximate surface area is 157 Å². The number of hydrogen-bond donors (Lipinski definition) is 5. The molecule has 3 rings (SSSR count). The van der Waals surface area contributed by atoms with E-state index in [9.17, 15) is 23.5 Å². The fourth-order valence-corrected chi connectivity index (χ4v) is 6.12. The molecule has 2 heterocycles. The molecule has 0 radical (unpaired) electrons. The highest BCUT2D eigenvalue weighted by Crippen LogP contribution is 2.67. The second-order valence-electron chi connectivity index (χ2n) is 5.87. The lowest BCUT2D eigenvalue weighted by Gasteiger charge is -2.19. The van der Waals surface area contributed by atoms with E-state index in [4.69, 9.17) is 20.0 Å². The van der Waals surface area contributed by atoms with Gasteiger partial charge in [0, 0.05) is 6.04 Å². The fourth-order valence-electron chi connectivity index (χ4n) is 2.89. The van der Waals surface area contributed by atoms with E-state index in [-0.39, 0.29) is 24.7 Å². The Kier molecular flexibility index (Phi) is 5.78. The summed E-state index contributed by atoms with van der Waals surface area (Å²) in [5.41, 5.74) is 6.60. The van der Waals surface area contributed by atoms with Gasteiger partial charge in [0.2, 0.25) is 0 Å². The summed E-state index contributed by atoms with van der Waals surface area (Å²) < 4.78 is 47.9. The van der Waals surface area contributed by atoms with Crippen LogP contribution >= 0.6 is 23.5 Å². The summed E-state index contributed by atoms with van der Waals surface area (Å²) in [7, 11) is -16.1. The Morgan fingerprint density at radius 2 is 1.75 bits per heavy atom. The molecule has 4 atom stereocenters. The molecule has 1 aliphatic rings. The molecule has 2 aromatic heterocycles. The van der Waals surface area contributed by atoms with Gasteiger partial charge in [0.1, 0.15) is 11.8 Å². The molecule has 1 saturated carbocycles. The smallest absolute Gasteiger partial charge is 0.382 e. The minimum atomic E-state index is -5.54. The van der Waals surface area contributed by atoms with Crippen LogP contribution in [-0.2, 0) is 26.8 Å². The summed E-state index contributed by atoms with van der Waals surface area (Å²) in [5, 5.41) is 0. The van der Waals surface area contributed by atoms with Gasteiger partial charge in [-0.1, -0.05) is 0 Å². The van der Waals surface area contributed by atoms with E-state index in [2.05, 4.69) is 23.6 Å². The summed E-state index contributed by atoms with van der Waals surface area (Å²) in [6.45, 7) is 0. The molecule has 0 bridgehead atoms. The predicted octanol–water partition coefficient (Wildman–Crippen LogP) is 0.845. The Morgan fingerprint density at radius 3 is 2.43 bits per heavy atom. The summed E-state index contributed by atoms with van der Waals surface area (Å²) in [6, 6.07) is -0.225. The molecule has 0 spiro atoms. The zero-order chi connectivity index (χ0) is 20.7. The molecule has 28 heavy (non-hydrogen) atoms. The average Bonchev–Trinajstić information content (AvgIpc) is 3.09. The lowest BCUT2D eigenvalue weighted by Crippen LogP contribution is -2.10. The summed E-state index contributed by atoms with van der Waals surface area (Å²) in [6.07, 6.45) is 2.90. The molecule has 1 aliphatic carbocycles. The molecular weight excluding hydrogens is 443 g/mol. The number of fused-ring (bicyclic) bond motifs is 1. The maximum absolute atomic E-state index is 11.9. The van der Waals surface area contributed by atoms with Crippen molar-refractivity contribution in [1.82, 2.24) is 19.5 Å². The minimum absolute atomic E-state index is 0.201. The first kappa shape index (κ1) is 21.5. The van der Waals surface area contributed by atoms with Crippen LogP contribution in [0, 0.1) is 0 Å². The van der Waals surface area contributed by atoms with Crippen molar-refractivity contribution in [2.75, 3.05) is 5.73 Å². The van der Waals surface area contributed by atoms with Gasteiger partial charge in [-0.3, -0.25) is 4.52 Å². The van der Waals surface area contributed by atoms with Gasteiger partial charge in [0.25, 0.3) is 0 Å². The van der Waals surface area contributed by atoms with Gasteiger partial charge in [-0.2, -0.15) is 8.62 Å². The molecular formula is C10H16N5O10P3. The summed E-state index contributed by atoms with van der Waals surface area (Å²) >= 11 is 0. The van der Waals surface area contributed by atoms with Crippen LogP contribution in [-0.4, -0.2) is 45.2 Å². The molecule has 0 saturated heterocycles. The molecule has 0 aromatic carbocycles. The molecule has 15 nitrogen and oxygen atoms in total. The second-order valence-corrected chi connectivity index (χ2v) is 10.2. The Balaban J connectivity index is 1.67. The largest absolute Gasteiger partial charge is 0.490 e. The third-order valence-corrected chi connectivity index (χ3v) is 7.73.